The lowest BCUT2D eigenvalue weighted by molar-refractivity contribution is 0.0895. The first-order valence-corrected chi connectivity index (χ1v) is 11.5. The summed E-state index contributed by atoms with van der Waals surface area (Å²) >= 11 is 0. The van der Waals surface area contributed by atoms with Crippen LogP contribution in [0.15, 0.2) is 77.6 Å². The highest BCUT2D eigenvalue weighted by Crippen LogP contribution is 2.26. The molecule has 1 saturated heterocycles. The normalized spacial score (nSPS) is 14.8. The van der Waals surface area contributed by atoms with Gasteiger partial charge in [-0.2, -0.15) is 5.10 Å². The molecule has 0 unspecified atom stereocenters. The standard InChI is InChI=1S/C27H24F2N4O2/c28-23-11-10-19(16-24(23)29)25-21-8-4-5-9-22(21)27(35)33(31-25)17-32-14-12-20(13-15-32)30-26(34)18-6-2-1-3-7-18/h1-11,16,20H,12-15,17H2,(H,30,34). The van der Waals surface area contributed by atoms with E-state index in [0.29, 0.717) is 40.7 Å². The smallest absolute Gasteiger partial charge is 0.275 e. The number of carbonyl (C=O) groups excluding carboxylic acids is 1. The number of fused-ring (bicyclic) bond motifs is 1. The lowest BCUT2D eigenvalue weighted by Gasteiger charge is -2.32. The van der Waals surface area contributed by atoms with Crippen LogP contribution in [-0.4, -0.2) is 39.7 Å². The maximum absolute atomic E-state index is 13.9. The number of aromatic nitrogens is 2. The van der Waals surface area contributed by atoms with Gasteiger partial charge in [0.05, 0.1) is 17.7 Å². The van der Waals surface area contributed by atoms with Gasteiger partial charge in [-0.1, -0.05) is 36.4 Å². The van der Waals surface area contributed by atoms with Crippen LogP contribution in [0.25, 0.3) is 22.0 Å². The lowest BCUT2D eigenvalue weighted by atomic mass is 10.0. The molecule has 0 aliphatic carbocycles. The van der Waals surface area contributed by atoms with Crippen LogP contribution in [-0.2, 0) is 6.67 Å². The Morgan fingerprint density at radius 2 is 1.60 bits per heavy atom. The van der Waals surface area contributed by atoms with Crippen molar-refractivity contribution in [3.8, 4) is 11.3 Å². The van der Waals surface area contributed by atoms with Gasteiger partial charge in [-0.15, -0.1) is 0 Å². The molecule has 1 aromatic heterocycles. The third-order valence-corrected chi connectivity index (χ3v) is 6.35. The van der Waals surface area contributed by atoms with Gasteiger partial charge in [-0.25, -0.2) is 13.5 Å². The SMILES string of the molecule is O=C(NC1CCN(Cn2nc(-c3ccc(F)c(F)c3)c3ccccc3c2=O)CC1)c1ccccc1. The van der Waals surface area contributed by atoms with Crippen LogP contribution in [0.3, 0.4) is 0 Å². The molecule has 1 amide bonds. The van der Waals surface area contributed by atoms with E-state index in [1.165, 1.54) is 10.7 Å². The molecule has 0 spiro atoms. The summed E-state index contributed by atoms with van der Waals surface area (Å²) in [4.78, 5) is 27.7. The molecule has 6 nitrogen and oxygen atoms in total. The van der Waals surface area contributed by atoms with Crippen LogP contribution in [0.5, 0.6) is 0 Å². The second-order valence-corrected chi connectivity index (χ2v) is 8.70. The minimum absolute atomic E-state index is 0.0537. The number of nitrogens with one attached hydrogen (secondary N) is 1. The number of hydrogen-bond acceptors (Lipinski definition) is 4. The van der Waals surface area contributed by atoms with E-state index in [1.807, 2.05) is 18.2 Å². The van der Waals surface area contributed by atoms with Crippen LogP contribution in [0.4, 0.5) is 8.78 Å². The van der Waals surface area contributed by atoms with Gasteiger partial charge in [-0.3, -0.25) is 14.5 Å². The van der Waals surface area contributed by atoms with E-state index >= 15 is 0 Å². The number of amides is 1. The van der Waals surface area contributed by atoms with Crippen molar-refractivity contribution in [2.75, 3.05) is 13.1 Å². The molecule has 8 heteroatoms. The predicted octanol–water partition coefficient (Wildman–Crippen LogP) is 4.19. The van der Waals surface area contributed by atoms with Crippen LogP contribution in [0, 0.1) is 11.6 Å². The molecule has 1 fully saturated rings. The highest BCUT2D eigenvalue weighted by Gasteiger charge is 2.22. The molecule has 3 aromatic carbocycles. The van der Waals surface area contributed by atoms with Crippen molar-refractivity contribution >= 4 is 16.7 Å². The summed E-state index contributed by atoms with van der Waals surface area (Å²) in [5.41, 5.74) is 1.21. The van der Waals surface area contributed by atoms with Gasteiger partial charge < -0.3 is 5.32 Å². The zero-order valence-corrected chi connectivity index (χ0v) is 19.0. The number of carbonyl (C=O) groups is 1. The Morgan fingerprint density at radius 3 is 2.31 bits per heavy atom. The molecule has 1 N–H and O–H groups in total. The predicted molar refractivity (Wildman–Crippen MR) is 130 cm³/mol. The maximum atomic E-state index is 13.9. The lowest BCUT2D eigenvalue weighted by Crippen LogP contribution is -2.46. The minimum Gasteiger partial charge on any atom is -0.349 e. The molecule has 0 radical (unpaired) electrons. The van der Waals surface area contributed by atoms with Crippen molar-refractivity contribution in [2.24, 2.45) is 0 Å². The van der Waals surface area contributed by atoms with Crippen molar-refractivity contribution in [1.29, 1.82) is 0 Å². The first kappa shape index (κ1) is 22.9. The van der Waals surface area contributed by atoms with Crippen molar-refractivity contribution in [3.05, 3.63) is 100 Å². The number of likely N-dealkylation sites (tertiary alicyclic amines) is 1. The summed E-state index contributed by atoms with van der Waals surface area (Å²) in [5, 5.41) is 8.68. The van der Waals surface area contributed by atoms with Crippen LogP contribution in [0.1, 0.15) is 23.2 Å². The quantitative estimate of drug-likeness (QED) is 0.471. The van der Waals surface area contributed by atoms with Crippen molar-refractivity contribution < 1.29 is 13.6 Å². The van der Waals surface area contributed by atoms with E-state index in [4.69, 9.17) is 0 Å². The fourth-order valence-electron chi connectivity index (χ4n) is 4.45. The zero-order chi connectivity index (χ0) is 24.4. The highest BCUT2D eigenvalue weighted by atomic mass is 19.2. The van der Waals surface area contributed by atoms with Crippen molar-refractivity contribution in [1.82, 2.24) is 20.0 Å². The Bertz CT molecular complexity index is 1430. The highest BCUT2D eigenvalue weighted by molar-refractivity contribution is 5.94. The van der Waals surface area contributed by atoms with Crippen LogP contribution >= 0.6 is 0 Å². The van der Waals surface area contributed by atoms with Gasteiger partial charge in [0.2, 0.25) is 0 Å². The molecule has 5 rings (SSSR count). The van der Waals surface area contributed by atoms with Gasteiger partial charge in [0.25, 0.3) is 11.5 Å². The van der Waals surface area contributed by atoms with E-state index < -0.39 is 11.6 Å². The average molecular weight is 475 g/mol. The average Bonchev–Trinajstić information content (AvgIpc) is 2.89. The van der Waals surface area contributed by atoms with Gasteiger partial charge in [0, 0.05) is 35.6 Å². The summed E-state index contributed by atoms with van der Waals surface area (Å²) in [6.45, 7) is 1.63. The fraction of sp³-hybridized carbons (Fsp3) is 0.222. The Hall–Kier alpha value is -3.91. The van der Waals surface area contributed by atoms with Crippen LogP contribution in [0.2, 0.25) is 0 Å². The summed E-state index contributed by atoms with van der Waals surface area (Å²) < 4.78 is 28.8. The van der Waals surface area contributed by atoms with Crippen molar-refractivity contribution in [3.63, 3.8) is 0 Å². The molecule has 178 valence electrons. The maximum Gasteiger partial charge on any atom is 0.275 e. The van der Waals surface area contributed by atoms with Crippen LogP contribution < -0.4 is 10.9 Å². The number of rotatable bonds is 5. The Balaban J connectivity index is 1.34. The second kappa shape index (κ2) is 9.76. The Morgan fingerprint density at radius 1 is 0.914 bits per heavy atom. The molecule has 1 aliphatic heterocycles. The van der Waals surface area contributed by atoms with Gasteiger partial charge in [0.1, 0.15) is 0 Å². The third-order valence-electron chi connectivity index (χ3n) is 6.35. The number of halogens is 2. The first-order valence-electron chi connectivity index (χ1n) is 11.5. The number of hydrogen-bond donors (Lipinski definition) is 1. The largest absolute Gasteiger partial charge is 0.349 e. The van der Waals surface area contributed by atoms with E-state index in [2.05, 4.69) is 15.3 Å². The molecule has 0 bridgehead atoms. The third kappa shape index (κ3) is 4.83. The van der Waals surface area contributed by atoms with Crippen molar-refractivity contribution in [2.45, 2.75) is 25.6 Å². The van der Waals surface area contributed by atoms with E-state index in [1.54, 1.807) is 36.4 Å². The Labute approximate surface area is 200 Å². The van der Waals surface area contributed by atoms with Gasteiger partial charge in [0.15, 0.2) is 11.6 Å². The fourth-order valence-corrected chi connectivity index (χ4v) is 4.45. The summed E-state index contributed by atoms with van der Waals surface area (Å²) in [5.74, 6) is -1.99. The summed E-state index contributed by atoms with van der Waals surface area (Å²) in [7, 11) is 0. The molecule has 0 saturated carbocycles. The Kier molecular flexibility index (Phi) is 6.37. The van der Waals surface area contributed by atoms with Gasteiger partial charge >= 0.3 is 0 Å². The van der Waals surface area contributed by atoms with E-state index in [0.717, 1.165) is 25.0 Å². The summed E-state index contributed by atoms with van der Waals surface area (Å²) in [6, 6.07) is 19.8. The topological polar surface area (TPSA) is 67.2 Å². The number of piperidine rings is 1. The second-order valence-electron chi connectivity index (χ2n) is 8.70. The number of nitrogens with zero attached hydrogens (tertiary/aromatic N) is 3. The molecular weight excluding hydrogens is 450 g/mol. The first-order chi connectivity index (χ1) is 17.0. The molecule has 2 heterocycles. The van der Waals surface area contributed by atoms with E-state index in [-0.39, 0.29) is 24.2 Å². The molecule has 1 aliphatic rings. The molecule has 4 aromatic rings. The van der Waals surface area contributed by atoms with Gasteiger partial charge in [-0.05, 0) is 49.2 Å². The summed E-state index contributed by atoms with van der Waals surface area (Å²) in [6.07, 6.45) is 1.49. The number of benzene rings is 3. The molecular formula is C27H24F2N4O2. The minimum atomic E-state index is -0.967. The monoisotopic (exact) mass is 474 g/mol. The molecule has 0 atom stereocenters. The molecule has 35 heavy (non-hydrogen) atoms. The zero-order valence-electron chi connectivity index (χ0n) is 19.0. The van der Waals surface area contributed by atoms with E-state index in [9.17, 15) is 18.4 Å².